The van der Waals surface area contributed by atoms with E-state index in [-0.39, 0.29) is 19.1 Å². The van der Waals surface area contributed by atoms with Crippen molar-refractivity contribution in [3.05, 3.63) is 12.2 Å². The molecule has 108 valence electrons. The molecule has 1 atom stereocenters. The smallest absolute Gasteiger partial charge is 0.320 e. The molecule has 19 heavy (non-hydrogen) atoms. The molecule has 4 heteroatoms. The maximum absolute atomic E-state index is 12.0. The van der Waals surface area contributed by atoms with Crippen LogP contribution < -0.4 is 0 Å². The molecular formula is C15H24O4. The third-order valence-electron chi connectivity index (χ3n) is 3.35. The van der Waals surface area contributed by atoms with Crippen LogP contribution in [0.1, 0.15) is 46.0 Å². The second-order valence-corrected chi connectivity index (χ2v) is 4.73. The number of rotatable bonds is 5. The van der Waals surface area contributed by atoms with Crippen LogP contribution in [0.3, 0.4) is 0 Å². The van der Waals surface area contributed by atoms with Crippen LogP contribution in [0.5, 0.6) is 0 Å². The van der Waals surface area contributed by atoms with Gasteiger partial charge in [-0.15, -0.1) is 0 Å². The van der Waals surface area contributed by atoms with Crippen molar-refractivity contribution in [2.45, 2.75) is 46.0 Å². The molecule has 0 heterocycles. The maximum Gasteiger partial charge on any atom is 0.320 e. The molecule has 0 aromatic rings. The van der Waals surface area contributed by atoms with Crippen molar-refractivity contribution < 1.29 is 19.1 Å². The zero-order chi connectivity index (χ0) is 14.1. The molecule has 0 aliphatic heterocycles. The molecule has 0 N–H and O–H groups in total. The highest BCUT2D eigenvalue weighted by Gasteiger charge is 2.36. The van der Waals surface area contributed by atoms with Gasteiger partial charge in [0.2, 0.25) is 0 Å². The second-order valence-electron chi connectivity index (χ2n) is 4.73. The fraction of sp³-hybridized carbons (Fsp3) is 0.733. The number of carbonyl (C=O) groups is 2. The molecule has 1 rings (SSSR count). The molecule has 0 saturated heterocycles. The Morgan fingerprint density at radius 1 is 1.11 bits per heavy atom. The van der Waals surface area contributed by atoms with Crippen LogP contribution in [0.15, 0.2) is 12.2 Å². The van der Waals surface area contributed by atoms with Gasteiger partial charge >= 0.3 is 11.9 Å². The highest BCUT2D eigenvalue weighted by molar-refractivity contribution is 5.95. The highest BCUT2D eigenvalue weighted by Crippen LogP contribution is 2.27. The molecule has 1 unspecified atom stereocenters. The molecule has 0 aromatic heterocycles. The van der Waals surface area contributed by atoms with Gasteiger partial charge in [-0.2, -0.15) is 0 Å². The fourth-order valence-electron chi connectivity index (χ4n) is 2.42. The van der Waals surface area contributed by atoms with Gasteiger partial charge in [0.15, 0.2) is 5.92 Å². The molecule has 1 aliphatic rings. The zero-order valence-corrected chi connectivity index (χ0v) is 11.9. The number of carbonyl (C=O) groups excluding carboxylic acids is 2. The molecule has 0 bridgehead atoms. The zero-order valence-electron chi connectivity index (χ0n) is 11.9. The first-order valence-electron chi connectivity index (χ1n) is 7.19. The van der Waals surface area contributed by atoms with Gasteiger partial charge in [-0.1, -0.05) is 18.6 Å². The summed E-state index contributed by atoms with van der Waals surface area (Å²) in [4.78, 5) is 24.0. The molecule has 0 aromatic carbocycles. The monoisotopic (exact) mass is 268 g/mol. The fourth-order valence-corrected chi connectivity index (χ4v) is 2.42. The predicted molar refractivity (Wildman–Crippen MR) is 72.5 cm³/mol. The van der Waals surface area contributed by atoms with Gasteiger partial charge in [0.05, 0.1) is 13.2 Å². The summed E-state index contributed by atoms with van der Waals surface area (Å²) in [7, 11) is 0. The minimum atomic E-state index is -0.775. The standard InChI is InChI=1S/C15H24O4/c1-3-18-14(16)13(15(17)19-4-2)12-10-8-6-5-7-9-11-12/h6,8,12-13H,3-5,7,9-11H2,1-2H3/b8-6-. The number of hydrogen-bond donors (Lipinski definition) is 0. The van der Waals surface area contributed by atoms with Gasteiger partial charge in [0.1, 0.15) is 0 Å². The summed E-state index contributed by atoms with van der Waals surface area (Å²) in [6.07, 6.45) is 9.01. The van der Waals surface area contributed by atoms with Crippen molar-refractivity contribution >= 4 is 11.9 Å². The largest absolute Gasteiger partial charge is 0.465 e. The Morgan fingerprint density at radius 3 is 2.32 bits per heavy atom. The summed E-state index contributed by atoms with van der Waals surface area (Å²) >= 11 is 0. The third-order valence-corrected chi connectivity index (χ3v) is 3.35. The third kappa shape index (κ3) is 5.05. The number of ether oxygens (including phenoxy) is 2. The Kier molecular flexibility index (Phi) is 7.23. The van der Waals surface area contributed by atoms with Crippen LogP contribution in [0.25, 0.3) is 0 Å². The van der Waals surface area contributed by atoms with Crippen molar-refractivity contribution in [1.29, 1.82) is 0 Å². The van der Waals surface area contributed by atoms with Crippen LogP contribution in [0, 0.1) is 11.8 Å². The Balaban J connectivity index is 2.80. The lowest BCUT2D eigenvalue weighted by molar-refractivity contribution is -0.164. The summed E-state index contributed by atoms with van der Waals surface area (Å²) in [6, 6.07) is 0. The number of hydrogen-bond acceptors (Lipinski definition) is 4. The topological polar surface area (TPSA) is 52.6 Å². The predicted octanol–water partition coefficient (Wildman–Crippen LogP) is 2.87. The lowest BCUT2D eigenvalue weighted by Crippen LogP contribution is -2.34. The minimum Gasteiger partial charge on any atom is -0.465 e. The van der Waals surface area contributed by atoms with Crippen molar-refractivity contribution in [2.24, 2.45) is 11.8 Å². The molecule has 0 fully saturated rings. The second kappa shape index (κ2) is 8.73. The average Bonchev–Trinajstić information content (AvgIpc) is 2.32. The van der Waals surface area contributed by atoms with Gasteiger partial charge in [-0.25, -0.2) is 0 Å². The molecule has 0 amide bonds. The first-order chi connectivity index (χ1) is 9.20. The molecule has 4 nitrogen and oxygen atoms in total. The van der Waals surface area contributed by atoms with Gasteiger partial charge in [0.25, 0.3) is 0 Å². The van der Waals surface area contributed by atoms with Crippen molar-refractivity contribution in [3.8, 4) is 0 Å². The summed E-state index contributed by atoms with van der Waals surface area (Å²) in [5, 5.41) is 0. The van der Waals surface area contributed by atoms with Gasteiger partial charge < -0.3 is 9.47 Å². The quantitative estimate of drug-likeness (QED) is 0.437. The number of allylic oxidation sites excluding steroid dienone is 2. The lowest BCUT2D eigenvalue weighted by atomic mass is 9.83. The SMILES string of the molecule is CCOC(=O)C(C(=O)OCC)C1C/C=C\CCCC1. The average molecular weight is 268 g/mol. The first kappa shape index (κ1) is 15.7. The van der Waals surface area contributed by atoms with E-state index in [0.717, 1.165) is 32.1 Å². The Morgan fingerprint density at radius 2 is 1.74 bits per heavy atom. The molecule has 0 saturated carbocycles. The van der Waals surface area contributed by atoms with Crippen LogP contribution in [-0.4, -0.2) is 25.2 Å². The van der Waals surface area contributed by atoms with E-state index in [2.05, 4.69) is 12.2 Å². The van der Waals surface area contributed by atoms with E-state index >= 15 is 0 Å². The first-order valence-corrected chi connectivity index (χ1v) is 7.19. The Labute approximate surface area is 115 Å². The van der Waals surface area contributed by atoms with Gasteiger partial charge in [0, 0.05) is 0 Å². The van der Waals surface area contributed by atoms with Crippen molar-refractivity contribution in [2.75, 3.05) is 13.2 Å². The Bertz CT molecular complexity index is 304. The van der Waals surface area contributed by atoms with Crippen LogP contribution in [0.2, 0.25) is 0 Å². The molecular weight excluding hydrogens is 244 g/mol. The van der Waals surface area contributed by atoms with Crippen molar-refractivity contribution in [1.82, 2.24) is 0 Å². The van der Waals surface area contributed by atoms with E-state index in [1.165, 1.54) is 0 Å². The summed E-state index contributed by atoms with van der Waals surface area (Å²) < 4.78 is 10.1. The van der Waals surface area contributed by atoms with E-state index in [1.54, 1.807) is 13.8 Å². The van der Waals surface area contributed by atoms with Gasteiger partial charge in [-0.05, 0) is 45.4 Å². The number of esters is 2. The summed E-state index contributed by atoms with van der Waals surface area (Å²) in [5.74, 6) is -1.67. The van der Waals surface area contributed by atoms with E-state index in [0.29, 0.717) is 0 Å². The maximum atomic E-state index is 12.0. The van der Waals surface area contributed by atoms with Crippen LogP contribution in [-0.2, 0) is 19.1 Å². The van der Waals surface area contributed by atoms with E-state index in [1.807, 2.05) is 0 Å². The van der Waals surface area contributed by atoms with E-state index < -0.39 is 17.9 Å². The normalized spacial score (nSPS) is 21.3. The Hall–Kier alpha value is -1.32. The van der Waals surface area contributed by atoms with Crippen LogP contribution in [0.4, 0.5) is 0 Å². The van der Waals surface area contributed by atoms with Crippen LogP contribution >= 0.6 is 0 Å². The summed E-state index contributed by atoms with van der Waals surface area (Å²) in [5.41, 5.74) is 0. The highest BCUT2D eigenvalue weighted by atomic mass is 16.6. The summed E-state index contributed by atoms with van der Waals surface area (Å²) in [6.45, 7) is 4.07. The molecule has 0 spiro atoms. The molecule has 0 radical (unpaired) electrons. The minimum absolute atomic E-state index is 0.00495. The van der Waals surface area contributed by atoms with E-state index in [4.69, 9.17) is 9.47 Å². The molecule has 1 aliphatic carbocycles. The van der Waals surface area contributed by atoms with Gasteiger partial charge in [-0.3, -0.25) is 9.59 Å². The van der Waals surface area contributed by atoms with E-state index in [9.17, 15) is 9.59 Å². The van der Waals surface area contributed by atoms with Crippen molar-refractivity contribution in [3.63, 3.8) is 0 Å². The lowest BCUT2D eigenvalue weighted by Gasteiger charge is -2.24.